The summed E-state index contributed by atoms with van der Waals surface area (Å²) in [6.45, 7) is 8.15. The lowest BCUT2D eigenvalue weighted by molar-refractivity contribution is 0.305. The number of aryl methyl sites for hydroxylation is 1. The van der Waals surface area contributed by atoms with Crippen molar-refractivity contribution < 1.29 is 13.5 Å². The molecule has 1 aromatic carbocycles. The molecule has 0 aliphatic carbocycles. The van der Waals surface area contributed by atoms with E-state index in [1.165, 1.54) is 0 Å². The lowest BCUT2D eigenvalue weighted by Crippen LogP contribution is -2.32. The minimum atomic E-state index is -3.50. The van der Waals surface area contributed by atoms with Crippen LogP contribution < -0.4 is 4.72 Å². The fraction of sp³-hybridized carbons (Fsp3) is 0.500. The highest BCUT2D eigenvalue weighted by molar-refractivity contribution is 7.89. The predicted octanol–water partition coefficient (Wildman–Crippen LogP) is 2.05. The van der Waals surface area contributed by atoms with E-state index in [1.807, 2.05) is 27.7 Å². The molecular weight excluding hydrogens is 286 g/mol. The quantitative estimate of drug-likeness (QED) is 0.837. The molecule has 0 atom stereocenters. The van der Waals surface area contributed by atoms with E-state index in [1.54, 1.807) is 18.2 Å². The van der Waals surface area contributed by atoms with Crippen molar-refractivity contribution in [2.75, 3.05) is 13.2 Å². The summed E-state index contributed by atoms with van der Waals surface area (Å²) >= 11 is 0. The normalized spacial score (nSPS) is 11.9. The predicted molar refractivity (Wildman–Crippen MR) is 84.4 cm³/mol. The first-order valence-electron chi connectivity index (χ1n) is 6.86. The number of aliphatic hydroxyl groups is 1. The Bertz CT molecular complexity index is 646. The maximum Gasteiger partial charge on any atom is 0.240 e. The maximum absolute atomic E-state index is 12.2. The Morgan fingerprint density at radius 1 is 1.29 bits per heavy atom. The smallest absolute Gasteiger partial charge is 0.240 e. The van der Waals surface area contributed by atoms with Gasteiger partial charge in [-0.15, -0.1) is 0 Å². The molecule has 0 fully saturated rings. The fourth-order valence-electron chi connectivity index (χ4n) is 1.55. The van der Waals surface area contributed by atoms with Gasteiger partial charge in [0, 0.05) is 18.5 Å². The van der Waals surface area contributed by atoms with Gasteiger partial charge in [0.1, 0.15) is 0 Å². The number of rotatable bonds is 4. The van der Waals surface area contributed by atoms with Crippen LogP contribution >= 0.6 is 0 Å². The summed E-state index contributed by atoms with van der Waals surface area (Å²) in [5.41, 5.74) is 1.47. The van der Waals surface area contributed by atoms with Crippen LogP contribution in [0, 0.1) is 24.2 Å². The van der Waals surface area contributed by atoms with E-state index in [0.717, 1.165) is 11.1 Å². The first kappa shape index (κ1) is 17.7. The van der Waals surface area contributed by atoms with E-state index < -0.39 is 10.0 Å². The van der Waals surface area contributed by atoms with Crippen LogP contribution in [0.1, 0.15) is 38.3 Å². The highest BCUT2D eigenvalue weighted by Gasteiger charge is 2.18. The Kier molecular flexibility index (Phi) is 5.97. The molecule has 5 heteroatoms. The highest BCUT2D eigenvalue weighted by atomic mass is 32.2. The molecule has 0 aromatic heterocycles. The van der Waals surface area contributed by atoms with Crippen molar-refractivity contribution in [3.63, 3.8) is 0 Å². The van der Waals surface area contributed by atoms with Gasteiger partial charge < -0.3 is 5.11 Å². The van der Waals surface area contributed by atoms with Gasteiger partial charge in [-0.05, 0) is 36.1 Å². The van der Waals surface area contributed by atoms with Crippen molar-refractivity contribution in [3.8, 4) is 11.8 Å². The van der Waals surface area contributed by atoms with Crippen LogP contribution in [-0.2, 0) is 10.0 Å². The molecule has 4 nitrogen and oxygen atoms in total. The minimum Gasteiger partial charge on any atom is -0.395 e. The zero-order valence-corrected chi connectivity index (χ0v) is 13.8. The molecule has 0 saturated heterocycles. The van der Waals surface area contributed by atoms with Gasteiger partial charge in [-0.25, -0.2) is 13.1 Å². The molecule has 21 heavy (non-hydrogen) atoms. The van der Waals surface area contributed by atoms with Crippen LogP contribution in [0.15, 0.2) is 23.1 Å². The maximum atomic E-state index is 12.2. The van der Waals surface area contributed by atoms with E-state index in [2.05, 4.69) is 16.6 Å². The summed E-state index contributed by atoms with van der Waals surface area (Å²) in [6.07, 6.45) is 0.409. The molecule has 1 rings (SSSR count). The Hall–Kier alpha value is -1.35. The number of hydrogen-bond acceptors (Lipinski definition) is 3. The number of sulfonamides is 1. The minimum absolute atomic E-state index is 0.0230. The lowest BCUT2D eigenvalue weighted by Gasteiger charge is -2.19. The third kappa shape index (κ3) is 5.88. The summed E-state index contributed by atoms with van der Waals surface area (Å²) in [5, 5.41) is 8.70. The van der Waals surface area contributed by atoms with Crippen molar-refractivity contribution in [1.82, 2.24) is 4.72 Å². The second-order valence-electron chi connectivity index (χ2n) is 6.14. The van der Waals surface area contributed by atoms with Crippen molar-refractivity contribution in [2.45, 2.75) is 39.0 Å². The van der Waals surface area contributed by atoms with E-state index >= 15 is 0 Å². The molecule has 0 saturated carbocycles. The third-order valence-electron chi connectivity index (χ3n) is 2.76. The summed E-state index contributed by atoms with van der Waals surface area (Å²) in [6, 6.07) is 4.88. The number of aliphatic hydroxyl groups excluding tert-OH is 1. The Balaban J connectivity index is 2.96. The topological polar surface area (TPSA) is 66.4 Å². The van der Waals surface area contributed by atoms with Gasteiger partial charge in [0.15, 0.2) is 0 Å². The molecule has 116 valence electrons. The van der Waals surface area contributed by atoms with E-state index in [-0.39, 0.29) is 16.9 Å². The molecule has 0 unspecified atom stereocenters. The third-order valence-corrected chi connectivity index (χ3v) is 4.16. The molecule has 0 spiro atoms. The molecular formula is C16H23NO3S. The molecule has 2 N–H and O–H groups in total. The molecule has 0 heterocycles. The van der Waals surface area contributed by atoms with Gasteiger partial charge in [0.25, 0.3) is 0 Å². The van der Waals surface area contributed by atoms with Gasteiger partial charge in [-0.3, -0.25) is 0 Å². The van der Waals surface area contributed by atoms with Crippen molar-refractivity contribution in [2.24, 2.45) is 5.41 Å². The lowest BCUT2D eigenvalue weighted by atomic mass is 9.98. The molecule has 0 amide bonds. The fourth-order valence-corrected chi connectivity index (χ4v) is 2.92. The summed E-state index contributed by atoms with van der Waals surface area (Å²) < 4.78 is 27.1. The summed E-state index contributed by atoms with van der Waals surface area (Å²) in [4.78, 5) is 0.247. The standard InChI is InChI=1S/C16H23NO3S/c1-13-11-15(9-8-14(13)7-5-6-10-18)21(19,20)17-12-16(2,3)4/h8-9,11,17-18H,6,10,12H2,1-4H3. The molecule has 0 aliphatic rings. The van der Waals surface area contributed by atoms with E-state index in [0.29, 0.717) is 13.0 Å². The van der Waals surface area contributed by atoms with Crippen LogP contribution in [-0.4, -0.2) is 26.7 Å². The highest BCUT2D eigenvalue weighted by Crippen LogP contribution is 2.17. The molecule has 0 aliphatic heterocycles. The Morgan fingerprint density at radius 3 is 2.48 bits per heavy atom. The molecule has 0 bridgehead atoms. The van der Waals surface area contributed by atoms with Gasteiger partial charge in [0.05, 0.1) is 11.5 Å². The van der Waals surface area contributed by atoms with Crippen LogP contribution in [0.5, 0.6) is 0 Å². The van der Waals surface area contributed by atoms with Crippen LogP contribution in [0.2, 0.25) is 0 Å². The van der Waals surface area contributed by atoms with E-state index in [9.17, 15) is 8.42 Å². The van der Waals surface area contributed by atoms with Crippen molar-refractivity contribution >= 4 is 10.0 Å². The first-order chi connectivity index (χ1) is 9.65. The second kappa shape index (κ2) is 7.08. The van der Waals surface area contributed by atoms with Crippen molar-refractivity contribution in [1.29, 1.82) is 0 Å². The van der Waals surface area contributed by atoms with Gasteiger partial charge in [-0.2, -0.15) is 0 Å². The average Bonchev–Trinajstić information content (AvgIpc) is 2.38. The second-order valence-corrected chi connectivity index (χ2v) is 7.90. The largest absolute Gasteiger partial charge is 0.395 e. The van der Waals surface area contributed by atoms with Crippen LogP contribution in [0.4, 0.5) is 0 Å². The summed E-state index contributed by atoms with van der Waals surface area (Å²) in [7, 11) is -3.50. The van der Waals surface area contributed by atoms with Crippen LogP contribution in [0.3, 0.4) is 0 Å². The SMILES string of the molecule is Cc1cc(S(=O)(=O)NCC(C)(C)C)ccc1C#CCCO. The van der Waals surface area contributed by atoms with Crippen LogP contribution in [0.25, 0.3) is 0 Å². The summed E-state index contributed by atoms with van der Waals surface area (Å²) in [5.74, 6) is 5.75. The van der Waals surface area contributed by atoms with Gasteiger partial charge in [0.2, 0.25) is 10.0 Å². The Morgan fingerprint density at radius 2 is 1.95 bits per heavy atom. The zero-order chi connectivity index (χ0) is 16.1. The van der Waals surface area contributed by atoms with Gasteiger partial charge in [-0.1, -0.05) is 32.6 Å². The first-order valence-corrected chi connectivity index (χ1v) is 8.34. The van der Waals surface area contributed by atoms with Crippen molar-refractivity contribution in [3.05, 3.63) is 29.3 Å². The molecule has 1 aromatic rings. The van der Waals surface area contributed by atoms with Gasteiger partial charge >= 0.3 is 0 Å². The zero-order valence-electron chi connectivity index (χ0n) is 13.0. The van der Waals surface area contributed by atoms with E-state index in [4.69, 9.17) is 5.11 Å². The number of nitrogens with one attached hydrogen (secondary N) is 1. The molecule has 0 radical (unpaired) electrons. The monoisotopic (exact) mass is 309 g/mol. The number of hydrogen-bond donors (Lipinski definition) is 2. The average molecular weight is 309 g/mol. The Labute approximate surface area is 127 Å². The number of benzene rings is 1.